The van der Waals surface area contributed by atoms with Gasteiger partial charge < -0.3 is 4.74 Å². The Morgan fingerprint density at radius 3 is 1.86 bits per heavy atom. The van der Waals surface area contributed by atoms with Crippen molar-refractivity contribution in [2.45, 2.75) is 48.1 Å². The lowest BCUT2D eigenvalue weighted by Crippen LogP contribution is -2.06. The molecule has 0 atom stereocenters. The van der Waals surface area contributed by atoms with Crippen molar-refractivity contribution in [3.63, 3.8) is 0 Å². The van der Waals surface area contributed by atoms with E-state index < -0.39 is 0 Å². The van der Waals surface area contributed by atoms with E-state index in [0.29, 0.717) is 6.61 Å². The van der Waals surface area contributed by atoms with E-state index in [9.17, 15) is 0 Å². The topological polar surface area (TPSA) is 9.23 Å². The second-order valence-corrected chi connectivity index (χ2v) is 6.21. The highest BCUT2D eigenvalue weighted by molar-refractivity contribution is 6.31. The molecule has 0 bridgehead atoms. The van der Waals surface area contributed by atoms with E-state index >= 15 is 0 Å². The first-order valence-electron chi connectivity index (χ1n) is 7.27. The van der Waals surface area contributed by atoms with Gasteiger partial charge in [-0.15, -0.1) is 0 Å². The minimum Gasteiger partial charge on any atom is -0.489 e. The van der Waals surface area contributed by atoms with Gasteiger partial charge in [0.05, 0.1) is 0 Å². The van der Waals surface area contributed by atoms with Gasteiger partial charge in [0.15, 0.2) is 0 Å². The van der Waals surface area contributed by atoms with E-state index in [0.717, 1.165) is 16.3 Å². The minimum atomic E-state index is 0.598. The standard InChI is InChI=1S/C19H23ClO/c1-11-9-17(7-8-19(11)20)21-10-18-15(5)13(3)12(2)14(4)16(18)6/h7-9H,10H2,1-6H3. The quantitative estimate of drug-likeness (QED) is 0.699. The molecule has 0 amide bonds. The highest BCUT2D eigenvalue weighted by atomic mass is 35.5. The van der Waals surface area contributed by atoms with Crippen molar-refractivity contribution in [1.82, 2.24) is 0 Å². The summed E-state index contributed by atoms with van der Waals surface area (Å²) in [7, 11) is 0. The second-order valence-electron chi connectivity index (χ2n) is 5.80. The van der Waals surface area contributed by atoms with Crippen molar-refractivity contribution < 1.29 is 4.74 Å². The molecule has 112 valence electrons. The lowest BCUT2D eigenvalue weighted by atomic mass is 9.90. The molecule has 2 heteroatoms. The van der Waals surface area contributed by atoms with Crippen LogP contribution in [0.3, 0.4) is 0 Å². The molecule has 1 nitrogen and oxygen atoms in total. The summed E-state index contributed by atoms with van der Waals surface area (Å²) in [4.78, 5) is 0. The van der Waals surface area contributed by atoms with Gasteiger partial charge in [0.1, 0.15) is 12.4 Å². The summed E-state index contributed by atoms with van der Waals surface area (Å²) in [5.74, 6) is 0.867. The van der Waals surface area contributed by atoms with Gasteiger partial charge in [-0.25, -0.2) is 0 Å². The molecule has 0 aliphatic carbocycles. The van der Waals surface area contributed by atoms with E-state index in [1.807, 2.05) is 25.1 Å². The number of halogens is 1. The van der Waals surface area contributed by atoms with E-state index in [1.54, 1.807) is 0 Å². The van der Waals surface area contributed by atoms with Crippen LogP contribution in [-0.4, -0.2) is 0 Å². The van der Waals surface area contributed by atoms with Gasteiger partial charge in [-0.2, -0.15) is 0 Å². The van der Waals surface area contributed by atoms with Crippen LogP contribution in [0.25, 0.3) is 0 Å². The van der Waals surface area contributed by atoms with Crippen molar-refractivity contribution in [3.8, 4) is 5.75 Å². The summed E-state index contributed by atoms with van der Waals surface area (Å²) in [6, 6.07) is 5.80. The number of rotatable bonds is 3. The van der Waals surface area contributed by atoms with E-state index in [1.165, 1.54) is 33.4 Å². The summed E-state index contributed by atoms with van der Waals surface area (Å²) in [6.45, 7) is 13.5. The van der Waals surface area contributed by atoms with Crippen LogP contribution in [0.4, 0.5) is 0 Å². The molecule has 0 saturated carbocycles. The number of hydrogen-bond donors (Lipinski definition) is 0. The van der Waals surface area contributed by atoms with Crippen LogP contribution in [0.5, 0.6) is 5.75 Å². The highest BCUT2D eigenvalue weighted by Gasteiger charge is 2.12. The molecule has 2 aromatic carbocycles. The summed E-state index contributed by atoms with van der Waals surface area (Å²) < 4.78 is 5.98. The summed E-state index contributed by atoms with van der Waals surface area (Å²) in [5, 5.41) is 0.775. The molecular weight excluding hydrogens is 280 g/mol. The largest absolute Gasteiger partial charge is 0.489 e. The number of ether oxygens (including phenoxy) is 1. The zero-order chi connectivity index (χ0) is 15.7. The van der Waals surface area contributed by atoms with Gasteiger partial charge >= 0.3 is 0 Å². The summed E-state index contributed by atoms with van der Waals surface area (Å²) in [6.07, 6.45) is 0. The Morgan fingerprint density at radius 2 is 1.33 bits per heavy atom. The van der Waals surface area contributed by atoms with Crippen molar-refractivity contribution in [2.75, 3.05) is 0 Å². The predicted octanol–water partition coefficient (Wildman–Crippen LogP) is 5.77. The third-order valence-corrected chi connectivity index (χ3v) is 5.09. The van der Waals surface area contributed by atoms with Gasteiger partial charge in [-0.3, -0.25) is 0 Å². The van der Waals surface area contributed by atoms with Gasteiger partial charge in [-0.1, -0.05) is 11.6 Å². The monoisotopic (exact) mass is 302 g/mol. The molecule has 0 aliphatic rings. The first-order chi connectivity index (χ1) is 9.82. The molecule has 0 fully saturated rings. The molecule has 0 aliphatic heterocycles. The Hall–Kier alpha value is -1.47. The second kappa shape index (κ2) is 6.11. The molecule has 21 heavy (non-hydrogen) atoms. The van der Waals surface area contributed by atoms with Crippen molar-refractivity contribution >= 4 is 11.6 Å². The van der Waals surface area contributed by atoms with E-state index in [2.05, 4.69) is 34.6 Å². The summed E-state index contributed by atoms with van der Waals surface area (Å²) in [5.41, 5.74) is 9.12. The molecule has 0 N–H and O–H groups in total. The van der Waals surface area contributed by atoms with Crippen LogP contribution in [0.1, 0.15) is 38.9 Å². The fourth-order valence-electron chi connectivity index (χ4n) is 2.66. The fraction of sp³-hybridized carbons (Fsp3) is 0.368. The molecule has 0 saturated heterocycles. The van der Waals surface area contributed by atoms with Gasteiger partial charge in [-0.05, 0) is 98.7 Å². The summed E-state index contributed by atoms with van der Waals surface area (Å²) >= 11 is 6.05. The first-order valence-corrected chi connectivity index (χ1v) is 7.65. The fourth-order valence-corrected chi connectivity index (χ4v) is 2.77. The SMILES string of the molecule is Cc1cc(OCc2c(C)c(C)c(C)c(C)c2C)ccc1Cl. The lowest BCUT2D eigenvalue weighted by Gasteiger charge is -2.19. The number of benzene rings is 2. The average molecular weight is 303 g/mol. The number of aryl methyl sites for hydroxylation is 1. The van der Waals surface area contributed by atoms with Crippen LogP contribution in [0.15, 0.2) is 18.2 Å². The Morgan fingerprint density at radius 1 is 0.810 bits per heavy atom. The Kier molecular flexibility index (Phi) is 4.63. The molecule has 2 aromatic rings. The van der Waals surface area contributed by atoms with Crippen molar-refractivity contribution in [3.05, 3.63) is 62.2 Å². The zero-order valence-electron chi connectivity index (χ0n) is 13.7. The van der Waals surface area contributed by atoms with Gasteiger partial charge in [0, 0.05) is 5.02 Å². The smallest absolute Gasteiger partial charge is 0.120 e. The van der Waals surface area contributed by atoms with Gasteiger partial charge in [0.2, 0.25) is 0 Å². The van der Waals surface area contributed by atoms with Gasteiger partial charge in [0.25, 0.3) is 0 Å². The minimum absolute atomic E-state index is 0.598. The van der Waals surface area contributed by atoms with Crippen LogP contribution in [-0.2, 0) is 6.61 Å². The third kappa shape index (κ3) is 3.08. The third-order valence-electron chi connectivity index (χ3n) is 4.67. The average Bonchev–Trinajstić information content (AvgIpc) is 2.46. The van der Waals surface area contributed by atoms with E-state index in [4.69, 9.17) is 16.3 Å². The van der Waals surface area contributed by atoms with Crippen molar-refractivity contribution in [2.24, 2.45) is 0 Å². The maximum atomic E-state index is 6.05. The lowest BCUT2D eigenvalue weighted by molar-refractivity contribution is 0.304. The number of hydrogen-bond acceptors (Lipinski definition) is 1. The maximum absolute atomic E-state index is 6.05. The zero-order valence-corrected chi connectivity index (χ0v) is 14.5. The van der Waals surface area contributed by atoms with Crippen LogP contribution in [0, 0.1) is 41.5 Å². The van der Waals surface area contributed by atoms with Crippen LogP contribution >= 0.6 is 11.6 Å². The molecule has 0 radical (unpaired) electrons. The maximum Gasteiger partial charge on any atom is 0.120 e. The molecular formula is C19H23ClO. The molecule has 0 unspecified atom stereocenters. The Bertz CT molecular complexity index is 657. The molecule has 2 rings (SSSR count). The van der Waals surface area contributed by atoms with Crippen LogP contribution < -0.4 is 4.74 Å². The normalized spacial score (nSPS) is 10.8. The van der Waals surface area contributed by atoms with Crippen LogP contribution in [0.2, 0.25) is 5.02 Å². The van der Waals surface area contributed by atoms with E-state index in [-0.39, 0.29) is 0 Å². The Labute approximate surface area is 132 Å². The molecule has 0 spiro atoms. The van der Waals surface area contributed by atoms with Crippen molar-refractivity contribution in [1.29, 1.82) is 0 Å². The highest BCUT2D eigenvalue weighted by Crippen LogP contribution is 2.28. The molecule has 0 heterocycles. The molecule has 0 aromatic heterocycles. The Balaban J connectivity index is 2.30. The first kappa shape index (κ1) is 15.9. The predicted molar refractivity (Wildman–Crippen MR) is 90.6 cm³/mol.